The predicted octanol–water partition coefficient (Wildman–Crippen LogP) is 2.45. The molecular formula is C13H15NO2. The Morgan fingerprint density at radius 1 is 1.25 bits per heavy atom. The summed E-state index contributed by atoms with van der Waals surface area (Å²) < 4.78 is 5.14. The summed E-state index contributed by atoms with van der Waals surface area (Å²) in [4.78, 5) is 5.42. The Bertz CT molecular complexity index is 448. The molecule has 1 saturated carbocycles. The smallest absolute Gasteiger partial charge is 0.142 e. The molecule has 0 radical (unpaired) electrons. The molecule has 1 heterocycles. The Kier molecular flexibility index (Phi) is 1.82. The van der Waals surface area contributed by atoms with E-state index in [4.69, 9.17) is 9.57 Å². The molecule has 16 heavy (non-hydrogen) atoms. The third-order valence-electron chi connectivity index (χ3n) is 3.67. The minimum absolute atomic E-state index is 0.247. The van der Waals surface area contributed by atoms with Gasteiger partial charge in [0.2, 0.25) is 0 Å². The lowest BCUT2D eigenvalue weighted by Crippen LogP contribution is -2.08. The normalized spacial score (nSPS) is 29.1. The van der Waals surface area contributed by atoms with Crippen molar-refractivity contribution in [2.75, 3.05) is 7.11 Å². The van der Waals surface area contributed by atoms with Gasteiger partial charge in [-0.1, -0.05) is 19.0 Å². The summed E-state index contributed by atoms with van der Waals surface area (Å²) >= 11 is 0. The van der Waals surface area contributed by atoms with Gasteiger partial charge in [0, 0.05) is 11.0 Å². The summed E-state index contributed by atoms with van der Waals surface area (Å²) in [6.45, 7) is 4.45. The quantitative estimate of drug-likeness (QED) is 0.761. The Morgan fingerprint density at radius 3 is 2.44 bits per heavy atom. The molecule has 0 spiro atoms. The molecule has 0 amide bonds. The molecule has 3 nitrogen and oxygen atoms in total. The first-order chi connectivity index (χ1) is 7.64. The number of oxime groups is 1. The second kappa shape index (κ2) is 3.00. The molecule has 1 aliphatic carbocycles. The minimum Gasteiger partial charge on any atom is -0.497 e. The van der Waals surface area contributed by atoms with Gasteiger partial charge in [-0.3, -0.25) is 0 Å². The van der Waals surface area contributed by atoms with Gasteiger partial charge in [-0.25, -0.2) is 0 Å². The number of rotatable bonds is 2. The van der Waals surface area contributed by atoms with Crippen LogP contribution in [0.5, 0.6) is 5.75 Å². The van der Waals surface area contributed by atoms with Crippen LogP contribution in [0.1, 0.15) is 19.4 Å². The molecule has 3 heteroatoms. The average Bonchev–Trinajstić information content (AvgIpc) is 2.69. The lowest BCUT2D eigenvalue weighted by molar-refractivity contribution is 0.112. The van der Waals surface area contributed by atoms with Gasteiger partial charge in [-0.2, -0.15) is 0 Å². The maximum absolute atomic E-state index is 5.42. The maximum atomic E-state index is 5.42. The molecule has 0 N–H and O–H groups in total. The van der Waals surface area contributed by atoms with Crippen LogP contribution in [0.25, 0.3) is 0 Å². The molecule has 2 atom stereocenters. The number of fused-ring (bicyclic) bond motifs is 1. The fourth-order valence-electron chi connectivity index (χ4n) is 2.45. The number of hydrogen-bond donors (Lipinski definition) is 0. The van der Waals surface area contributed by atoms with E-state index in [9.17, 15) is 0 Å². The van der Waals surface area contributed by atoms with Crippen LogP contribution < -0.4 is 4.74 Å². The highest BCUT2D eigenvalue weighted by molar-refractivity contribution is 6.05. The van der Waals surface area contributed by atoms with Crippen molar-refractivity contribution in [1.82, 2.24) is 0 Å². The first-order valence-electron chi connectivity index (χ1n) is 5.52. The van der Waals surface area contributed by atoms with Crippen LogP contribution in [0.15, 0.2) is 29.4 Å². The average molecular weight is 217 g/mol. The SMILES string of the molecule is COc1ccc(C2=NOC3[C@H]2C3(C)C)cc1. The van der Waals surface area contributed by atoms with E-state index in [0.29, 0.717) is 5.92 Å². The monoisotopic (exact) mass is 217 g/mol. The van der Waals surface area contributed by atoms with Gasteiger partial charge >= 0.3 is 0 Å². The van der Waals surface area contributed by atoms with E-state index in [1.807, 2.05) is 24.3 Å². The molecule has 0 bridgehead atoms. The van der Waals surface area contributed by atoms with Crippen molar-refractivity contribution in [2.24, 2.45) is 16.5 Å². The molecule has 2 aliphatic rings. The zero-order valence-corrected chi connectivity index (χ0v) is 9.73. The highest BCUT2D eigenvalue weighted by atomic mass is 16.7. The Morgan fingerprint density at radius 2 is 1.94 bits per heavy atom. The molecule has 1 fully saturated rings. The van der Waals surface area contributed by atoms with Crippen LogP contribution in [0.4, 0.5) is 0 Å². The minimum atomic E-state index is 0.247. The Balaban J connectivity index is 1.88. The Labute approximate surface area is 95.1 Å². The van der Waals surface area contributed by atoms with Crippen molar-refractivity contribution in [3.63, 3.8) is 0 Å². The molecule has 1 aliphatic heterocycles. The summed E-state index contributed by atoms with van der Waals surface area (Å²) in [5.41, 5.74) is 2.47. The van der Waals surface area contributed by atoms with Gasteiger partial charge in [-0.05, 0) is 24.3 Å². The second-order valence-corrected chi connectivity index (χ2v) is 5.03. The second-order valence-electron chi connectivity index (χ2n) is 5.03. The summed E-state index contributed by atoms with van der Waals surface area (Å²) in [5.74, 6) is 1.33. The fourth-order valence-corrected chi connectivity index (χ4v) is 2.45. The number of hydrogen-bond acceptors (Lipinski definition) is 3. The van der Waals surface area contributed by atoms with Crippen LogP contribution in [0.2, 0.25) is 0 Å². The summed E-state index contributed by atoms with van der Waals surface area (Å²) in [6, 6.07) is 8.00. The molecule has 1 aromatic carbocycles. The van der Waals surface area contributed by atoms with Gasteiger partial charge in [-0.15, -0.1) is 0 Å². The van der Waals surface area contributed by atoms with Crippen molar-refractivity contribution >= 4 is 5.71 Å². The third-order valence-corrected chi connectivity index (χ3v) is 3.67. The van der Waals surface area contributed by atoms with E-state index in [-0.39, 0.29) is 11.5 Å². The third kappa shape index (κ3) is 1.17. The number of ether oxygens (including phenoxy) is 1. The van der Waals surface area contributed by atoms with E-state index in [1.165, 1.54) is 0 Å². The van der Waals surface area contributed by atoms with E-state index in [2.05, 4.69) is 19.0 Å². The molecule has 1 aromatic rings. The lowest BCUT2D eigenvalue weighted by atomic mass is 10.0. The summed E-state index contributed by atoms with van der Waals surface area (Å²) in [5, 5.41) is 4.16. The zero-order valence-electron chi connectivity index (χ0n) is 9.73. The van der Waals surface area contributed by atoms with Crippen molar-refractivity contribution in [2.45, 2.75) is 20.0 Å². The topological polar surface area (TPSA) is 30.8 Å². The van der Waals surface area contributed by atoms with E-state index < -0.39 is 0 Å². The van der Waals surface area contributed by atoms with Gasteiger partial charge in [0.15, 0.2) is 0 Å². The van der Waals surface area contributed by atoms with Crippen molar-refractivity contribution in [1.29, 1.82) is 0 Å². The summed E-state index contributed by atoms with van der Waals surface area (Å²) in [7, 11) is 1.67. The van der Waals surface area contributed by atoms with E-state index in [0.717, 1.165) is 17.0 Å². The molecule has 3 rings (SSSR count). The first-order valence-corrected chi connectivity index (χ1v) is 5.52. The van der Waals surface area contributed by atoms with Crippen molar-refractivity contribution in [3.8, 4) is 5.75 Å². The van der Waals surface area contributed by atoms with Gasteiger partial charge in [0.1, 0.15) is 11.9 Å². The van der Waals surface area contributed by atoms with Gasteiger partial charge in [0.05, 0.1) is 18.7 Å². The standard InChI is InChI=1S/C13H15NO2/c1-13(2)10-11(14-16-12(10)13)8-4-6-9(15-3)7-5-8/h4-7,10,12H,1-3H3/t10-,12?/m0/s1. The largest absolute Gasteiger partial charge is 0.497 e. The molecular weight excluding hydrogens is 202 g/mol. The number of benzene rings is 1. The van der Waals surface area contributed by atoms with E-state index in [1.54, 1.807) is 7.11 Å². The highest BCUT2D eigenvalue weighted by Gasteiger charge is 2.66. The predicted molar refractivity (Wildman–Crippen MR) is 61.7 cm³/mol. The summed E-state index contributed by atoms with van der Waals surface area (Å²) in [6.07, 6.45) is 0.282. The van der Waals surface area contributed by atoms with Crippen molar-refractivity contribution < 1.29 is 9.57 Å². The van der Waals surface area contributed by atoms with Crippen LogP contribution in [0.3, 0.4) is 0 Å². The number of nitrogens with zero attached hydrogens (tertiary/aromatic N) is 1. The molecule has 0 saturated heterocycles. The van der Waals surface area contributed by atoms with E-state index >= 15 is 0 Å². The number of methoxy groups -OCH3 is 1. The van der Waals surface area contributed by atoms with Crippen LogP contribution >= 0.6 is 0 Å². The zero-order chi connectivity index (χ0) is 11.3. The molecule has 1 unspecified atom stereocenters. The highest BCUT2D eigenvalue weighted by Crippen LogP contribution is 2.58. The molecule has 84 valence electrons. The Hall–Kier alpha value is -1.51. The van der Waals surface area contributed by atoms with Gasteiger partial charge < -0.3 is 9.57 Å². The van der Waals surface area contributed by atoms with Crippen LogP contribution in [-0.2, 0) is 4.84 Å². The fraction of sp³-hybridized carbons (Fsp3) is 0.462. The first kappa shape index (κ1) is 9.70. The lowest BCUT2D eigenvalue weighted by Gasteiger charge is -2.08. The van der Waals surface area contributed by atoms with Crippen LogP contribution in [0, 0.1) is 11.3 Å². The maximum Gasteiger partial charge on any atom is 0.142 e. The van der Waals surface area contributed by atoms with Gasteiger partial charge in [0.25, 0.3) is 0 Å². The van der Waals surface area contributed by atoms with Crippen molar-refractivity contribution in [3.05, 3.63) is 29.8 Å². The molecule has 0 aromatic heterocycles. The van der Waals surface area contributed by atoms with Crippen LogP contribution in [-0.4, -0.2) is 18.9 Å².